The summed E-state index contributed by atoms with van der Waals surface area (Å²) in [6.07, 6.45) is 0. The molecule has 0 saturated carbocycles. The summed E-state index contributed by atoms with van der Waals surface area (Å²) >= 11 is -1.56. The summed E-state index contributed by atoms with van der Waals surface area (Å²) in [6.45, 7) is 0. The van der Waals surface area contributed by atoms with Gasteiger partial charge in [-0.1, -0.05) is 0 Å². The maximum Gasteiger partial charge on any atom is 0 e. The van der Waals surface area contributed by atoms with E-state index in [0.717, 1.165) is 0 Å². The molecule has 0 unspecified atom stereocenters. The molecule has 0 atom stereocenters. The molecule has 0 fully saturated rings. The topological polar surface area (TPSA) is 37.3 Å². The zero-order chi connectivity index (χ0) is 2.71. The first kappa shape index (κ1) is 8.87. The van der Waals surface area contributed by atoms with Crippen molar-refractivity contribution in [3.8, 4) is 0 Å². The average Bonchev–Trinajstić information content (AvgIpc) is 0.918. The molecule has 1 radical (unpaired) electrons. The third-order valence-electron chi connectivity index (χ3n) is 0. The molecule has 0 saturated heterocycles. The van der Waals surface area contributed by atoms with E-state index in [9.17, 15) is 0 Å². The first-order valence-electron chi connectivity index (χ1n) is 0.383. The van der Waals surface area contributed by atoms with Gasteiger partial charge in [-0.05, 0) is 0 Å². The van der Waals surface area contributed by atoms with Gasteiger partial charge in [-0.3, -0.25) is 0 Å². The molecule has 19 valence electrons. The van der Waals surface area contributed by atoms with Crippen LogP contribution in [0.2, 0.25) is 0 Å². The Bertz CT molecular complexity index is 13.5. The van der Waals surface area contributed by atoms with Crippen molar-refractivity contribution in [1.82, 2.24) is 0 Å². The molecule has 0 aromatic heterocycles. The van der Waals surface area contributed by atoms with Crippen LogP contribution in [0.1, 0.15) is 0 Å². The maximum absolute atomic E-state index is 8.58. The van der Waals surface area contributed by atoms with E-state index in [2.05, 4.69) is 0 Å². The second-order valence-corrected chi connectivity index (χ2v) is 0.424. The second kappa shape index (κ2) is 9.07. The maximum atomic E-state index is 8.58. The van der Waals surface area contributed by atoms with Crippen LogP contribution >= 0.6 is 0 Å². The van der Waals surface area contributed by atoms with Gasteiger partial charge in [0.1, 0.15) is 0 Å². The number of hydrogen-bond donors (Lipinski definition) is 1. The van der Waals surface area contributed by atoms with Gasteiger partial charge in [0.2, 0.25) is 0 Å². The van der Waals surface area contributed by atoms with Crippen molar-refractivity contribution in [1.29, 1.82) is 0 Å². The van der Waals surface area contributed by atoms with Crippen molar-refractivity contribution in [3.63, 3.8) is 0 Å². The molecular weight excluding hydrogens is 114 g/mol. The Labute approximate surface area is 43.0 Å². The fraction of sp³-hybridized carbons (Fsp3) is 0. The van der Waals surface area contributed by atoms with Crippen LogP contribution in [-0.4, -0.2) is 39.0 Å². The zero-order valence-electron chi connectivity index (χ0n) is 2.30. The van der Waals surface area contributed by atoms with Crippen molar-refractivity contribution >= 4 is 34.9 Å². The van der Waals surface area contributed by atoms with Gasteiger partial charge in [-0.15, -0.1) is 0 Å². The van der Waals surface area contributed by atoms with Crippen LogP contribution in [-0.2, 0) is 3.74 Å². The van der Waals surface area contributed by atoms with E-state index in [0.29, 0.717) is 0 Å². The molecule has 2 nitrogen and oxygen atoms in total. The first-order chi connectivity index (χ1) is 1.41. The number of rotatable bonds is 0. The predicted octanol–water partition coefficient (Wildman–Crippen LogP) is -1.44. The van der Waals surface area contributed by atoms with Crippen LogP contribution in [0.5, 0.6) is 0 Å². The van der Waals surface area contributed by atoms with Crippen molar-refractivity contribution in [3.05, 3.63) is 0 Å². The van der Waals surface area contributed by atoms with E-state index >= 15 is 0 Å². The molecule has 0 aliphatic rings. The molecule has 0 aromatic carbocycles. The summed E-state index contributed by atoms with van der Waals surface area (Å²) in [5, 5.41) is 0. The van der Waals surface area contributed by atoms with Gasteiger partial charge in [-0.25, -0.2) is 0 Å². The summed E-state index contributed by atoms with van der Waals surface area (Å²) in [7, 11) is 0. The fourth-order valence-electron chi connectivity index (χ4n) is 0. The van der Waals surface area contributed by atoms with E-state index in [1.165, 1.54) is 0 Å². The molecule has 0 heterocycles. The monoisotopic (exact) mass is 115 g/mol. The molecule has 0 aliphatic carbocycles. The minimum atomic E-state index is -1.56. The molecule has 1 N–H and O–H groups in total. The van der Waals surface area contributed by atoms with E-state index in [4.69, 9.17) is 7.84 Å². The standard InChI is InChI=1S/AsHO2.Li/c2-1-3;/h(H,2,3);. The minimum Gasteiger partial charge on any atom is 0 e. The molecule has 0 rings (SSSR count). The second-order valence-electron chi connectivity index (χ2n) is 0.0816. The molecule has 0 bridgehead atoms. The predicted molar refractivity (Wildman–Crippen MR) is 14.4 cm³/mol. The van der Waals surface area contributed by atoms with Crippen molar-refractivity contribution in [2.75, 3.05) is 0 Å². The van der Waals surface area contributed by atoms with E-state index in [-0.39, 0.29) is 18.9 Å². The first-order valence-corrected chi connectivity index (χ1v) is 1.99. The Morgan fingerprint density at radius 2 is 1.75 bits per heavy atom. The van der Waals surface area contributed by atoms with Crippen LogP contribution in [0.25, 0.3) is 0 Å². The summed E-state index contributed by atoms with van der Waals surface area (Å²) in [5.41, 5.74) is 0. The Morgan fingerprint density at radius 1 is 1.75 bits per heavy atom. The third kappa shape index (κ3) is 12.8. The SMILES string of the molecule is O=[As]O.[Li]. The minimum absolute atomic E-state index is 0. The van der Waals surface area contributed by atoms with Crippen LogP contribution < -0.4 is 0 Å². The van der Waals surface area contributed by atoms with Crippen LogP contribution in [0.3, 0.4) is 0 Å². The molecule has 0 aromatic rings. The Kier molecular flexibility index (Phi) is 20.1. The summed E-state index contributed by atoms with van der Waals surface area (Å²) in [6, 6.07) is 0. The quantitative estimate of drug-likeness (QED) is 0.392. The van der Waals surface area contributed by atoms with E-state index in [1.54, 1.807) is 0 Å². The van der Waals surface area contributed by atoms with Crippen molar-refractivity contribution in [2.24, 2.45) is 0 Å². The molecule has 4 heteroatoms. The van der Waals surface area contributed by atoms with Crippen LogP contribution in [0, 0.1) is 0 Å². The largest absolute Gasteiger partial charge is 0 e. The van der Waals surface area contributed by atoms with Crippen LogP contribution in [0.4, 0.5) is 0 Å². The summed E-state index contributed by atoms with van der Waals surface area (Å²) < 4.78 is 15.7. The molecule has 4 heavy (non-hydrogen) atoms. The van der Waals surface area contributed by atoms with Crippen LogP contribution in [0.15, 0.2) is 0 Å². The van der Waals surface area contributed by atoms with E-state index in [1.807, 2.05) is 0 Å². The molecule has 0 spiro atoms. The third-order valence-corrected chi connectivity index (χ3v) is 0. The zero-order valence-corrected chi connectivity index (χ0v) is 4.18. The van der Waals surface area contributed by atoms with Gasteiger partial charge >= 0.3 is 23.9 Å². The Balaban J connectivity index is 0. The Hall–Kier alpha value is 0.916. The van der Waals surface area contributed by atoms with Crippen molar-refractivity contribution < 1.29 is 7.84 Å². The summed E-state index contributed by atoms with van der Waals surface area (Å²) in [5.74, 6) is 0. The summed E-state index contributed by atoms with van der Waals surface area (Å²) in [4.78, 5) is 0. The van der Waals surface area contributed by atoms with Crippen molar-refractivity contribution in [2.45, 2.75) is 0 Å². The molecule has 0 amide bonds. The van der Waals surface area contributed by atoms with Gasteiger partial charge < -0.3 is 0 Å². The van der Waals surface area contributed by atoms with Gasteiger partial charge in [0.25, 0.3) is 0 Å². The fourth-order valence-corrected chi connectivity index (χ4v) is 0. The van der Waals surface area contributed by atoms with Gasteiger partial charge in [-0.2, -0.15) is 0 Å². The Morgan fingerprint density at radius 3 is 1.75 bits per heavy atom. The smallest absolute Gasteiger partial charge is 0 e. The van der Waals surface area contributed by atoms with Gasteiger partial charge in [0, 0.05) is 18.9 Å². The molecular formula is HAsLiO2. The average molecular weight is 115 g/mol. The number of hydrogen-bond acceptors (Lipinski definition) is 1. The normalized spacial score (nSPS) is 5.25. The van der Waals surface area contributed by atoms with E-state index < -0.39 is 16.0 Å². The molecule has 0 aliphatic heterocycles. The van der Waals surface area contributed by atoms with Gasteiger partial charge in [0.05, 0.1) is 0 Å². The van der Waals surface area contributed by atoms with Gasteiger partial charge in [0.15, 0.2) is 0 Å².